The molecule has 1 rings (SSSR count). The van der Waals surface area contributed by atoms with Gasteiger partial charge in [-0.2, -0.15) is 23.5 Å². The molecular weight excluding hydrogens is 270 g/mol. The van der Waals surface area contributed by atoms with Crippen molar-refractivity contribution in [1.82, 2.24) is 5.32 Å². The van der Waals surface area contributed by atoms with Crippen LogP contribution in [0.5, 0.6) is 0 Å². The van der Waals surface area contributed by atoms with E-state index in [1.54, 1.807) is 0 Å². The van der Waals surface area contributed by atoms with Crippen LogP contribution in [0.3, 0.4) is 0 Å². The maximum Gasteiger partial charge on any atom is 0.0320 e. The third-order valence-electron chi connectivity index (χ3n) is 3.99. The molecule has 0 aromatic rings. The van der Waals surface area contributed by atoms with Crippen LogP contribution in [0.25, 0.3) is 0 Å². The fraction of sp³-hybridized carbons (Fsp3) is 1.00. The van der Waals surface area contributed by atoms with E-state index in [0.717, 1.165) is 22.5 Å². The van der Waals surface area contributed by atoms with Gasteiger partial charge in [0.25, 0.3) is 0 Å². The Morgan fingerprint density at radius 1 is 1.11 bits per heavy atom. The van der Waals surface area contributed by atoms with Gasteiger partial charge >= 0.3 is 0 Å². The molecule has 19 heavy (non-hydrogen) atoms. The predicted molar refractivity (Wildman–Crippen MR) is 93.6 cm³/mol. The lowest BCUT2D eigenvalue weighted by atomic mass is 9.93. The van der Waals surface area contributed by atoms with Gasteiger partial charge < -0.3 is 5.32 Å². The van der Waals surface area contributed by atoms with E-state index in [1.165, 1.54) is 50.2 Å². The van der Waals surface area contributed by atoms with Gasteiger partial charge in [-0.15, -0.1) is 0 Å². The number of thioether (sulfide) groups is 2. The SMILES string of the molecule is CCCNC(CC(C)CCC)C1SCCSC1CC. The highest BCUT2D eigenvalue weighted by Gasteiger charge is 2.32. The van der Waals surface area contributed by atoms with Crippen molar-refractivity contribution in [3.05, 3.63) is 0 Å². The molecule has 1 fully saturated rings. The molecule has 0 amide bonds. The molecule has 1 saturated heterocycles. The quantitative estimate of drug-likeness (QED) is 0.656. The van der Waals surface area contributed by atoms with Crippen molar-refractivity contribution in [3.8, 4) is 0 Å². The van der Waals surface area contributed by atoms with Crippen molar-refractivity contribution in [1.29, 1.82) is 0 Å². The molecule has 0 saturated carbocycles. The number of rotatable bonds is 9. The zero-order chi connectivity index (χ0) is 14.1. The first kappa shape index (κ1) is 17.7. The van der Waals surface area contributed by atoms with Gasteiger partial charge in [0.2, 0.25) is 0 Å². The lowest BCUT2D eigenvalue weighted by molar-refractivity contribution is 0.370. The van der Waals surface area contributed by atoms with E-state index in [-0.39, 0.29) is 0 Å². The van der Waals surface area contributed by atoms with Gasteiger partial charge in [0.05, 0.1) is 0 Å². The summed E-state index contributed by atoms with van der Waals surface area (Å²) in [5, 5.41) is 5.55. The van der Waals surface area contributed by atoms with Crippen molar-refractivity contribution in [2.24, 2.45) is 5.92 Å². The summed E-state index contributed by atoms with van der Waals surface area (Å²) in [5.41, 5.74) is 0. The van der Waals surface area contributed by atoms with Crippen LogP contribution < -0.4 is 5.32 Å². The third kappa shape index (κ3) is 6.31. The topological polar surface area (TPSA) is 12.0 Å². The van der Waals surface area contributed by atoms with E-state index in [1.807, 2.05) is 0 Å². The summed E-state index contributed by atoms with van der Waals surface area (Å²) in [7, 11) is 0. The number of hydrogen-bond acceptors (Lipinski definition) is 3. The Kier molecular flexibility index (Phi) is 9.69. The predicted octanol–water partition coefficient (Wildman–Crippen LogP) is 4.81. The van der Waals surface area contributed by atoms with Crippen LogP contribution in [0, 0.1) is 5.92 Å². The lowest BCUT2D eigenvalue weighted by Crippen LogP contribution is -2.46. The molecule has 3 heteroatoms. The van der Waals surface area contributed by atoms with E-state index in [4.69, 9.17) is 0 Å². The Morgan fingerprint density at radius 3 is 2.47 bits per heavy atom. The van der Waals surface area contributed by atoms with Gasteiger partial charge in [-0.1, -0.05) is 40.5 Å². The third-order valence-corrected chi connectivity index (χ3v) is 7.39. The molecule has 0 aromatic heterocycles. The van der Waals surface area contributed by atoms with E-state index in [2.05, 4.69) is 56.5 Å². The van der Waals surface area contributed by atoms with Gasteiger partial charge in [0.15, 0.2) is 0 Å². The van der Waals surface area contributed by atoms with Crippen LogP contribution >= 0.6 is 23.5 Å². The zero-order valence-electron chi connectivity index (χ0n) is 13.3. The minimum absolute atomic E-state index is 0.726. The number of nitrogens with one attached hydrogen (secondary N) is 1. The summed E-state index contributed by atoms with van der Waals surface area (Å²) in [6, 6.07) is 0.726. The first-order valence-corrected chi connectivity index (χ1v) is 10.3. The second-order valence-electron chi connectivity index (χ2n) is 5.84. The first-order valence-electron chi connectivity index (χ1n) is 8.19. The Bertz CT molecular complexity index is 223. The normalized spacial score (nSPS) is 27.2. The molecule has 4 atom stereocenters. The fourth-order valence-corrected chi connectivity index (χ4v) is 6.30. The van der Waals surface area contributed by atoms with Crippen molar-refractivity contribution in [2.75, 3.05) is 18.1 Å². The van der Waals surface area contributed by atoms with Crippen LogP contribution in [-0.2, 0) is 0 Å². The molecule has 1 heterocycles. The summed E-state index contributed by atoms with van der Waals surface area (Å²) >= 11 is 4.44. The van der Waals surface area contributed by atoms with E-state index < -0.39 is 0 Å². The molecule has 4 unspecified atom stereocenters. The van der Waals surface area contributed by atoms with Crippen LogP contribution in [0.1, 0.15) is 59.8 Å². The Labute approximate surface area is 129 Å². The molecule has 1 nitrogen and oxygen atoms in total. The van der Waals surface area contributed by atoms with E-state index >= 15 is 0 Å². The molecular formula is C16H33NS2. The van der Waals surface area contributed by atoms with Crippen molar-refractivity contribution < 1.29 is 0 Å². The summed E-state index contributed by atoms with van der Waals surface area (Å²) in [6.07, 6.45) is 6.65. The average Bonchev–Trinajstić information content (AvgIpc) is 2.43. The Morgan fingerprint density at radius 2 is 1.84 bits per heavy atom. The van der Waals surface area contributed by atoms with Crippen molar-refractivity contribution in [3.63, 3.8) is 0 Å². The molecule has 1 N–H and O–H groups in total. The second-order valence-corrected chi connectivity index (χ2v) is 8.48. The van der Waals surface area contributed by atoms with Gasteiger partial charge in [-0.05, 0) is 31.7 Å². The van der Waals surface area contributed by atoms with Crippen molar-refractivity contribution >= 4 is 23.5 Å². The van der Waals surface area contributed by atoms with E-state index in [9.17, 15) is 0 Å². The smallest absolute Gasteiger partial charge is 0.0320 e. The monoisotopic (exact) mass is 303 g/mol. The molecule has 0 spiro atoms. The Hall–Kier alpha value is 0.660. The standard InChI is InChI=1S/C16H33NS2/c1-5-8-13(4)12-14(17-9-6-2)16-15(7-3)18-10-11-19-16/h13-17H,5-12H2,1-4H3. The average molecular weight is 304 g/mol. The highest BCUT2D eigenvalue weighted by atomic mass is 32.2. The summed E-state index contributed by atoms with van der Waals surface area (Å²) in [5.74, 6) is 3.56. The summed E-state index contributed by atoms with van der Waals surface area (Å²) in [6.45, 7) is 10.6. The minimum Gasteiger partial charge on any atom is -0.313 e. The molecule has 1 aliphatic rings. The van der Waals surface area contributed by atoms with Gasteiger partial charge in [-0.25, -0.2) is 0 Å². The minimum atomic E-state index is 0.726. The Balaban J connectivity index is 2.59. The molecule has 0 aliphatic carbocycles. The molecule has 1 aliphatic heterocycles. The van der Waals surface area contributed by atoms with Crippen LogP contribution in [-0.4, -0.2) is 34.6 Å². The largest absolute Gasteiger partial charge is 0.313 e. The van der Waals surface area contributed by atoms with Gasteiger partial charge in [-0.3, -0.25) is 0 Å². The summed E-state index contributed by atoms with van der Waals surface area (Å²) in [4.78, 5) is 0. The van der Waals surface area contributed by atoms with Gasteiger partial charge in [0, 0.05) is 28.0 Å². The molecule has 0 radical (unpaired) electrons. The zero-order valence-corrected chi connectivity index (χ0v) is 14.9. The first-order chi connectivity index (χ1) is 9.22. The fourth-order valence-electron chi connectivity index (χ4n) is 3.02. The molecule has 0 bridgehead atoms. The molecule has 114 valence electrons. The van der Waals surface area contributed by atoms with E-state index in [0.29, 0.717) is 0 Å². The van der Waals surface area contributed by atoms with Crippen molar-refractivity contribution in [2.45, 2.75) is 76.3 Å². The highest BCUT2D eigenvalue weighted by molar-refractivity contribution is 8.07. The van der Waals surface area contributed by atoms with Crippen LogP contribution in [0.15, 0.2) is 0 Å². The maximum absolute atomic E-state index is 3.86. The summed E-state index contributed by atoms with van der Waals surface area (Å²) < 4.78 is 0. The number of hydrogen-bond donors (Lipinski definition) is 1. The van der Waals surface area contributed by atoms with Crippen LogP contribution in [0.2, 0.25) is 0 Å². The second kappa shape index (κ2) is 10.4. The molecule has 0 aromatic carbocycles. The lowest BCUT2D eigenvalue weighted by Gasteiger charge is -2.37. The highest BCUT2D eigenvalue weighted by Crippen LogP contribution is 2.37. The van der Waals surface area contributed by atoms with Crippen LogP contribution in [0.4, 0.5) is 0 Å². The van der Waals surface area contributed by atoms with Gasteiger partial charge in [0.1, 0.15) is 0 Å². The maximum atomic E-state index is 3.86.